The number of rotatable bonds is 4. The molecule has 1 aliphatic rings. The molecule has 2 heterocycles. The van der Waals surface area contributed by atoms with Gasteiger partial charge < -0.3 is 15.6 Å². The summed E-state index contributed by atoms with van der Waals surface area (Å²) in [7, 11) is 0. The predicted molar refractivity (Wildman–Crippen MR) is 88.4 cm³/mol. The summed E-state index contributed by atoms with van der Waals surface area (Å²) in [6.07, 6.45) is 2.33. The first-order valence-electron chi connectivity index (χ1n) is 7.95. The maximum Gasteiger partial charge on any atom is 0.0531 e. The molecule has 2 aromatic rings. The van der Waals surface area contributed by atoms with Gasteiger partial charge in [0.05, 0.1) is 5.52 Å². The van der Waals surface area contributed by atoms with Crippen molar-refractivity contribution in [3.05, 3.63) is 35.5 Å². The highest BCUT2D eigenvalue weighted by molar-refractivity contribution is 5.87. The first-order chi connectivity index (χ1) is 10.2. The van der Waals surface area contributed by atoms with Crippen molar-refractivity contribution in [2.75, 3.05) is 26.2 Å². The fourth-order valence-electron chi connectivity index (χ4n) is 3.27. The summed E-state index contributed by atoms with van der Waals surface area (Å²) < 4.78 is 2.38. The second-order valence-corrected chi connectivity index (χ2v) is 6.20. The van der Waals surface area contributed by atoms with Crippen LogP contribution in [0.15, 0.2) is 24.4 Å². The lowest BCUT2D eigenvalue weighted by Gasteiger charge is -2.26. The molecule has 1 aromatic carbocycles. The Morgan fingerprint density at radius 2 is 1.95 bits per heavy atom. The van der Waals surface area contributed by atoms with E-state index in [-0.39, 0.29) is 0 Å². The van der Waals surface area contributed by atoms with Gasteiger partial charge in [-0.25, -0.2) is 0 Å². The first-order valence-corrected chi connectivity index (χ1v) is 7.95. The van der Waals surface area contributed by atoms with Crippen LogP contribution in [-0.2, 0) is 13.1 Å². The molecule has 1 aliphatic heterocycles. The average Bonchev–Trinajstić information content (AvgIpc) is 2.87. The lowest BCUT2D eigenvalue weighted by molar-refractivity contribution is 0.234. The minimum Gasteiger partial charge on any atom is -0.344 e. The predicted octanol–water partition coefficient (Wildman–Crippen LogP) is 2.09. The second-order valence-electron chi connectivity index (χ2n) is 6.20. The summed E-state index contributed by atoms with van der Waals surface area (Å²) in [6, 6.07) is 6.98. The van der Waals surface area contributed by atoms with Crippen LogP contribution >= 0.6 is 0 Å². The van der Waals surface area contributed by atoms with E-state index >= 15 is 0 Å². The number of para-hydroxylation sites is 1. The van der Waals surface area contributed by atoms with Crippen LogP contribution in [0.5, 0.6) is 0 Å². The number of aromatic nitrogens is 1. The van der Waals surface area contributed by atoms with Crippen molar-refractivity contribution in [1.29, 1.82) is 0 Å². The minimum absolute atomic E-state index is 0.456. The Morgan fingerprint density at radius 1 is 1.19 bits per heavy atom. The highest BCUT2D eigenvalue weighted by atomic mass is 15.2. The van der Waals surface area contributed by atoms with Crippen LogP contribution in [0.4, 0.5) is 0 Å². The molecule has 21 heavy (non-hydrogen) atoms. The van der Waals surface area contributed by atoms with E-state index in [0.29, 0.717) is 12.6 Å². The van der Waals surface area contributed by atoms with Gasteiger partial charge in [0.1, 0.15) is 0 Å². The molecular formula is C17H26N4. The van der Waals surface area contributed by atoms with Crippen molar-refractivity contribution in [1.82, 2.24) is 14.8 Å². The van der Waals surface area contributed by atoms with E-state index in [2.05, 4.69) is 53.0 Å². The summed E-state index contributed by atoms with van der Waals surface area (Å²) in [6.45, 7) is 10.6. The quantitative estimate of drug-likeness (QED) is 0.904. The Kier molecular flexibility index (Phi) is 4.29. The zero-order valence-electron chi connectivity index (χ0n) is 13.1. The Morgan fingerprint density at radius 3 is 2.62 bits per heavy atom. The fourth-order valence-corrected chi connectivity index (χ4v) is 3.27. The van der Waals surface area contributed by atoms with Crippen LogP contribution in [0.2, 0.25) is 0 Å². The summed E-state index contributed by atoms with van der Waals surface area (Å²) >= 11 is 0. The number of benzene rings is 1. The van der Waals surface area contributed by atoms with Gasteiger partial charge in [-0.3, -0.25) is 4.90 Å². The van der Waals surface area contributed by atoms with Crippen molar-refractivity contribution in [3.8, 4) is 0 Å². The molecule has 0 saturated carbocycles. The van der Waals surface area contributed by atoms with E-state index in [0.717, 1.165) is 32.7 Å². The van der Waals surface area contributed by atoms with Crippen molar-refractivity contribution < 1.29 is 0 Å². The van der Waals surface area contributed by atoms with Gasteiger partial charge in [-0.1, -0.05) is 18.2 Å². The third kappa shape index (κ3) is 2.84. The van der Waals surface area contributed by atoms with Gasteiger partial charge in [0.2, 0.25) is 0 Å². The van der Waals surface area contributed by atoms with E-state index in [1.807, 2.05) is 0 Å². The van der Waals surface area contributed by atoms with Crippen molar-refractivity contribution in [2.24, 2.45) is 5.73 Å². The Labute approximate surface area is 126 Å². The molecule has 0 radical (unpaired) electrons. The SMILES string of the molecule is CC(C)n1cc(CN2CCNCC2)c2cccc(CN)c21. The fraction of sp³-hybridized carbons (Fsp3) is 0.529. The third-order valence-corrected chi connectivity index (χ3v) is 4.40. The molecule has 1 fully saturated rings. The smallest absolute Gasteiger partial charge is 0.0531 e. The van der Waals surface area contributed by atoms with Crippen molar-refractivity contribution >= 4 is 10.9 Å². The topological polar surface area (TPSA) is 46.2 Å². The monoisotopic (exact) mass is 286 g/mol. The maximum atomic E-state index is 5.95. The molecule has 0 atom stereocenters. The number of hydrogen-bond acceptors (Lipinski definition) is 3. The zero-order chi connectivity index (χ0) is 14.8. The lowest BCUT2D eigenvalue weighted by atomic mass is 10.1. The maximum absolute atomic E-state index is 5.95. The third-order valence-electron chi connectivity index (χ3n) is 4.40. The minimum atomic E-state index is 0.456. The molecule has 4 heteroatoms. The Balaban J connectivity index is 2.02. The van der Waals surface area contributed by atoms with Crippen LogP contribution in [0.3, 0.4) is 0 Å². The van der Waals surface area contributed by atoms with Crippen molar-refractivity contribution in [3.63, 3.8) is 0 Å². The molecule has 4 nitrogen and oxygen atoms in total. The molecular weight excluding hydrogens is 260 g/mol. The van der Waals surface area contributed by atoms with E-state index in [1.165, 1.54) is 22.0 Å². The van der Waals surface area contributed by atoms with Crippen molar-refractivity contribution in [2.45, 2.75) is 33.0 Å². The van der Waals surface area contributed by atoms with Gasteiger partial charge in [0, 0.05) is 56.9 Å². The van der Waals surface area contributed by atoms with Crippen LogP contribution in [0.25, 0.3) is 10.9 Å². The molecule has 0 amide bonds. The number of nitrogens with two attached hydrogens (primary N) is 1. The summed E-state index contributed by atoms with van der Waals surface area (Å²) in [4.78, 5) is 2.53. The van der Waals surface area contributed by atoms with Crippen LogP contribution < -0.4 is 11.1 Å². The molecule has 3 rings (SSSR count). The molecule has 0 aliphatic carbocycles. The Bertz CT molecular complexity index is 609. The average molecular weight is 286 g/mol. The van der Waals surface area contributed by atoms with Gasteiger partial charge >= 0.3 is 0 Å². The summed E-state index contributed by atoms with van der Waals surface area (Å²) in [5.74, 6) is 0. The number of piperazine rings is 1. The van der Waals surface area contributed by atoms with E-state index < -0.39 is 0 Å². The van der Waals surface area contributed by atoms with Crippen LogP contribution in [0.1, 0.15) is 31.0 Å². The molecule has 1 aromatic heterocycles. The number of fused-ring (bicyclic) bond motifs is 1. The first kappa shape index (κ1) is 14.6. The lowest BCUT2D eigenvalue weighted by Crippen LogP contribution is -2.42. The summed E-state index contributed by atoms with van der Waals surface area (Å²) in [5.41, 5.74) is 9.94. The number of hydrogen-bond donors (Lipinski definition) is 2. The largest absolute Gasteiger partial charge is 0.344 e. The molecule has 1 saturated heterocycles. The summed E-state index contributed by atoms with van der Waals surface area (Å²) in [5, 5.41) is 4.78. The zero-order valence-corrected chi connectivity index (χ0v) is 13.1. The molecule has 0 spiro atoms. The highest BCUT2D eigenvalue weighted by Crippen LogP contribution is 2.28. The van der Waals surface area contributed by atoms with Gasteiger partial charge in [-0.05, 0) is 25.0 Å². The second kappa shape index (κ2) is 6.18. The van der Waals surface area contributed by atoms with Crippen LogP contribution in [-0.4, -0.2) is 35.6 Å². The highest BCUT2D eigenvalue weighted by Gasteiger charge is 2.16. The van der Waals surface area contributed by atoms with E-state index in [9.17, 15) is 0 Å². The molecule has 0 bridgehead atoms. The number of nitrogens with zero attached hydrogens (tertiary/aromatic N) is 2. The standard InChI is InChI=1S/C17H26N4/c1-13(2)21-12-15(11-20-8-6-19-7-9-20)16-5-3-4-14(10-18)17(16)21/h3-5,12-13,19H,6-11,18H2,1-2H3. The van der Waals surface area contributed by atoms with Gasteiger partial charge in [-0.15, -0.1) is 0 Å². The molecule has 3 N–H and O–H groups in total. The van der Waals surface area contributed by atoms with Gasteiger partial charge in [0.25, 0.3) is 0 Å². The van der Waals surface area contributed by atoms with Gasteiger partial charge in [-0.2, -0.15) is 0 Å². The van der Waals surface area contributed by atoms with Gasteiger partial charge in [0.15, 0.2) is 0 Å². The van der Waals surface area contributed by atoms with Crippen LogP contribution in [0, 0.1) is 0 Å². The molecule has 0 unspecified atom stereocenters. The van der Waals surface area contributed by atoms with E-state index in [1.54, 1.807) is 0 Å². The Hall–Kier alpha value is -1.36. The molecule has 114 valence electrons. The normalized spacial score (nSPS) is 17.0. The van der Waals surface area contributed by atoms with E-state index in [4.69, 9.17) is 5.73 Å². The number of nitrogens with one attached hydrogen (secondary N) is 1.